The Kier molecular flexibility index (Phi) is 4.74. The Hall–Kier alpha value is -0.420. The van der Waals surface area contributed by atoms with Crippen molar-refractivity contribution in [1.29, 1.82) is 0 Å². The number of alkyl halides is 3. The summed E-state index contributed by atoms with van der Waals surface area (Å²) in [5.74, 6) is -3.79. The molecule has 0 aromatic carbocycles. The highest BCUT2D eigenvalue weighted by molar-refractivity contribution is 6.19. The van der Waals surface area contributed by atoms with E-state index in [1.54, 1.807) is 13.8 Å². The third kappa shape index (κ3) is 4.19. The van der Waals surface area contributed by atoms with Gasteiger partial charge in [0, 0.05) is 5.88 Å². The highest BCUT2D eigenvalue weighted by Gasteiger charge is 2.32. The average molecular weight is 230 g/mol. The topological polar surface area (TPSA) is 49.3 Å². The van der Waals surface area contributed by atoms with Crippen LogP contribution in [0.15, 0.2) is 0 Å². The van der Waals surface area contributed by atoms with Crippen molar-refractivity contribution in [3.8, 4) is 0 Å². The third-order valence-corrected chi connectivity index (χ3v) is 2.36. The number of nitrogens with one attached hydrogen (secondary N) is 1. The molecule has 3 nitrogen and oxygen atoms in total. The van der Waals surface area contributed by atoms with Crippen LogP contribution in [0.4, 0.5) is 8.78 Å². The fourth-order valence-electron chi connectivity index (χ4n) is 0.565. The molecule has 0 rings (SSSR count). The van der Waals surface area contributed by atoms with Crippen molar-refractivity contribution in [2.45, 2.75) is 19.8 Å². The fourth-order valence-corrected chi connectivity index (χ4v) is 0.687. The quantitative estimate of drug-likeness (QED) is 0.691. The number of aliphatic hydroxyl groups excluding tert-OH is 1. The first-order valence-electron chi connectivity index (χ1n) is 4.08. The molecule has 0 aliphatic heterocycles. The van der Waals surface area contributed by atoms with Crippen LogP contribution < -0.4 is 5.32 Å². The Morgan fingerprint density at radius 1 is 1.50 bits per heavy atom. The van der Waals surface area contributed by atoms with Gasteiger partial charge in [0.2, 0.25) is 5.91 Å². The van der Waals surface area contributed by atoms with E-state index in [-0.39, 0.29) is 5.88 Å². The van der Waals surface area contributed by atoms with Crippen molar-refractivity contribution in [3.05, 3.63) is 0 Å². The normalized spacial score (nSPS) is 12.7. The van der Waals surface area contributed by atoms with Crippen LogP contribution in [-0.2, 0) is 4.79 Å². The van der Waals surface area contributed by atoms with Crippen molar-refractivity contribution in [2.24, 2.45) is 5.41 Å². The number of rotatable bonds is 5. The van der Waals surface area contributed by atoms with Gasteiger partial charge < -0.3 is 10.4 Å². The van der Waals surface area contributed by atoms with Gasteiger partial charge in [-0.3, -0.25) is 4.79 Å². The maximum Gasteiger partial charge on any atom is 0.287 e. The monoisotopic (exact) mass is 229 g/mol. The van der Waals surface area contributed by atoms with Gasteiger partial charge in [-0.2, -0.15) is 0 Å². The van der Waals surface area contributed by atoms with E-state index in [0.717, 1.165) is 0 Å². The van der Waals surface area contributed by atoms with E-state index in [0.29, 0.717) is 0 Å². The number of halogens is 3. The molecule has 0 unspecified atom stereocenters. The summed E-state index contributed by atoms with van der Waals surface area (Å²) < 4.78 is 25.0. The van der Waals surface area contributed by atoms with E-state index in [1.807, 2.05) is 5.32 Å². The van der Waals surface area contributed by atoms with Gasteiger partial charge in [-0.25, -0.2) is 8.78 Å². The predicted molar refractivity (Wildman–Crippen MR) is 49.5 cm³/mol. The van der Waals surface area contributed by atoms with Crippen molar-refractivity contribution >= 4 is 17.5 Å². The second kappa shape index (κ2) is 4.89. The second-order valence-corrected chi connectivity index (χ2v) is 3.98. The van der Waals surface area contributed by atoms with Gasteiger partial charge in [-0.1, -0.05) is 0 Å². The van der Waals surface area contributed by atoms with E-state index in [4.69, 9.17) is 16.7 Å². The highest BCUT2D eigenvalue weighted by atomic mass is 35.5. The van der Waals surface area contributed by atoms with Crippen LogP contribution in [-0.4, -0.2) is 36.0 Å². The summed E-state index contributed by atoms with van der Waals surface area (Å²) in [5, 5.41) is 10.3. The summed E-state index contributed by atoms with van der Waals surface area (Å²) in [5.41, 5.74) is -0.882. The van der Waals surface area contributed by atoms with Gasteiger partial charge in [0.05, 0.1) is 12.0 Å². The minimum atomic E-state index is -3.28. The number of hydrogen-bond acceptors (Lipinski definition) is 2. The van der Waals surface area contributed by atoms with Crippen molar-refractivity contribution in [3.63, 3.8) is 0 Å². The number of aliphatic hydroxyl groups is 1. The van der Waals surface area contributed by atoms with Crippen LogP contribution in [0.3, 0.4) is 0 Å². The van der Waals surface area contributed by atoms with Crippen molar-refractivity contribution in [2.75, 3.05) is 19.0 Å². The standard InChI is InChI=1S/C8H14ClF2NO2/c1-7(2,3-9)6(14)12-4-8(10,11)5-13/h13H,3-5H2,1-2H3,(H,12,14). The molecule has 1 amide bonds. The van der Waals surface area contributed by atoms with Crippen LogP contribution >= 0.6 is 11.6 Å². The smallest absolute Gasteiger partial charge is 0.287 e. The number of hydrogen-bond donors (Lipinski definition) is 2. The zero-order valence-corrected chi connectivity index (χ0v) is 8.87. The predicted octanol–water partition coefficient (Wildman–Crippen LogP) is 0.995. The Balaban J connectivity index is 4.10. The molecule has 0 spiro atoms. The fraction of sp³-hybridized carbons (Fsp3) is 0.875. The SMILES string of the molecule is CC(C)(CCl)C(=O)NCC(F)(F)CO. The zero-order chi connectivity index (χ0) is 11.4. The molecule has 0 atom stereocenters. The first-order valence-corrected chi connectivity index (χ1v) is 4.61. The molecule has 0 saturated carbocycles. The minimum absolute atomic E-state index is 0.0452. The summed E-state index contributed by atoms with van der Waals surface area (Å²) in [6, 6.07) is 0. The molecule has 0 bridgehead atoms. The number of amides is 1. The summed E-state index contributed by atoms with van der Waals surface area (Å²) >= 11 is 5.47. The van der Waals surface area contributed by atoms with Gasteiger partial charge in [0.15, 0.2) is 0 Å². The third-order valence-electron chi connectivity index (χ3n) is 1.69. The van der Waals surface area contributed by atoms with E-state index < -0.39 is 30.4 Å². The number of carbonyl (C=O) groups excluding carboxylic acids is 1. The maximum atomic E-state index is 12.5. The lowest BCUT2D eigenvalue weighted by atomic mass is 9.95. The maximum absolute atomic E-state index is 12.5. The minimum Gasteiger partial charge on any atom is -0.390 e. The van der Waals surface area contributed by atoms with Gasteiger partial charge in [0.25, 0.3) is 5.92 Å². The molecular weight excluding hydrogens is 216 g/mol. The molecule has 0 aromatic heterocycles. The molecule has 0 radical (unpaired) electrons. The lowest BCUT2D eigenvalue weighted by Crippen LogP contribution is -2.45. The molecule has 84 valence electrons. The first kappa shape index (κ1) is 13.6. The van der Waals surface area contributed by atoms with Crippen LogP contribution in [0.2, 0.25) is 0 Å². The van der Waals surface area contributed by atoms with Crippen LogP contribution in [0, 0.1) is 5.41 Å². The van der Waals surface area contributed by atoms with E-state index >= 15 is 0 Å². The molecule has 0 heterocycles. The van der Waals surface area contributed by atoms with Crippen LogP contribution in [0.5, 0.6) is 0 Å². The lowest BCUT2D eigenvalue weighted by molar-refractivity contribution is -0.131. The summed E-state index contributed by atoms with van der Waals surface area (Å²) in [6.45, 7) is 0.941. The largest absolute Gasteiger partial charge is 0.390 e. The second-order valence-electron chi connectivity index (χ2n) is 3.71. The van der Waals surface area contributed by atoms with E-state index in [1.165, 1.54) is 0 Å². The highest BCUT2D eigenvalue weighted by Crippen LogP contribution is 2.18. The molecular formula is C8H14ClF2NO2. The molecule has 0 aliphatic rings. The molecule has 6 heteroatoms. The Morgan fingerprint density at radius 3 is 2.36 bits per heavy atom. The lowest BCUT2D eigenvalue weighted by Gasteiger charge is -2.22. The van der Waals surface area contributed by atoms with Gasteiger partial charge in [-0.15, -0.1) is 11.6 Å². The van der Waals surface area contributed by atoms with Gasteiger partial charge in [0.1, 0.15) is 6.61 Å². The Morgan fingerprint density at radius 2 is 2.00 bits per heavy atom. The molecule has 2 N–H and O–H groups in total. The molecule has 0 aromatic rings. The van der Waals surface area contributed by atoms with Crippen molar-refractivity contribution < 1.29 is 18.7 Å². The first-order chi connectivity index (χ1) is 6.25. The van der Waals surface area contributed by atoms with Crippen LogP contribution in [0.1, 0.15) is 13.8 Å². The average Bonchev–Trinajstić information content (AvgIpc) is 2.14. The number of carbonyl (C=O) groups is 1. The van der Waals surface area contributed by atoms with E-state index in [9.17, 15) is 13.6 Å². The van der Waals surface area contributed by atoms with E-state index in [2.05, 4.69) is 0 Å². The molecule has 0 saturated heterocycles. The van der Waals surface area contributed by atoms with Gasteiger partial charge >= 0.3 is 0 Å². The Bertz CT molecular complexity index is 210. The summed E-state index contributed by atoms with van der Waals surface area (Å²) in [7, 11) is 0. The van der Waals surface area contributed by atoms with Gasteiger partial charge in [-0.05, 0) is 13.8 Å². The van der Waals surface area contributed by atoms with Crippen molar-refractivity contribution in [1.82, 2.24) is 5.32 Å². The molecule has 0 aliphatic carbocycles. The molecule has 14 heavy (non-hydrogen) atoms. The Labute approximate surface area is 86.4 Å². The summed E-state index contributed by atoms with van der Waals surface area (Å²) in [6.07, 6.45) is 0. The summed E-state index contributed by atoms with van der Waals surface area (Å²) in [4.78, 5) is 11.2. The molecule has 0 fully saturated rings. The van der Waals surface area contributed by atoms with Crippen LogP contribution in [0.25, 0.3) is 0 Å². The zero-order valence-electron chi connectivity index (χ0n) is 8.11.